The molecule has 0 unspecified atom stereocenters. The van der Waals surface area contributed by atoms with E-state index in [-0.39, 0.29) is 0 Å². The van der Waals surface area contributed by atoms with E-state index in [1.54, 1.807) is 17.3 Å². The number of hydrogen-bond acceptors (Lipinski definition) is 3. The average molecular weight is 112 g/mol. The van der Waals surface area contributed by atoms with E-state index >= 15 is 0 Å². The second kappa shape index (κ2) is 5.45. The van der Waals surface area contributed by atoms with Crippen LogP contribution in [0.1, 0.15) is 0 Å². The first-order chi connectivity index (χ1) is 3.91. The van der Waals surface area contributed by atoms with Crippen molar-refractivity contribution in [1.29, 1.82) is 5.53 Å². The first-order valence-corrected chi connectivity index (χ1v) is 1.73. The quantitative estimate of drug-likeness (QED) is 0.293. The second-order valence-electron chi connectivity index (χ2n) is 0.760. The van der Waals surface area contributed by atoms with Crippen molar-refractivity contribution in [3.05, 3.63) is 22.8 Å². The molecule has 0 fully saturated rings. The summed E-state index contributed by atoms with van der Waals surface area (Å²) in [5.74, 6) is 0. The Morgan fingerprint density at radius 2 is 2.38 bits per heavy atom. The molecule has 0 saturated carbocycles. The normalized spacial score (nSPS) is 6.00. The maximum atomic E-state index is 6.86. The monoisotopic (exact) mass is 112 g/mol. The third-order valence-corrected chi connectivity index (χ3v) is 0.331. The van der Waals surface area contributed by atoms with Gasteiger partial charge in [-0.3, -0.25) is 5.10 Å². The number of hydrogen-bond donors (Lipinski definition) is 2. The van der Waals surface area contributed by atoms with Crippen LogP contribution in [0.2, 0.25) is 0 Å². The number of aromatic amines is 1. The highest BCUT2D eigenvalue weighted by molar-refractivity contribution is 4.54. The lowest BCUT2D eigenvalue weighted by Gasteiger charge is -1.46. The third-order valence-electron chi connectivity index (χ3n) is 0.331. The standard InChI is InChI=1S/C2H3N3.HN3/c1-2-4-5-3-1;1-3-2/h1-2H,(H,3,4,5);1H. The van der Waals surface area contributed by atoms with Gasteiger partial charge in [0.05, 0.1) is 6.20 Å². The van der Waals surface area contributed by atoms with Gasteiger partial charge in [-0.05, 0) is 10.4 Å². The van der Waals surface area contributed by atoms with Gasteiger partial charge in [-0.15, -0.1) is 10.6 Å². The van der Waals surface area contributed by atoms with Gasteiger partial charge in [-0.1, -0.05) is 5.21 Å². The van der Waals surface area contributed by atoms with Gasteiger partial charge in [0.2, 0.25) is 0 Å². The number of nitrogens with zero attached hydrogens (tertiary/aromatic N) is 4. The van der Waals surface area contributed by atoms with Gasteiger partial charge in [-0.2, -0.15) is 0 Å². The van der Waals surface area contributed by atoms with Gasteiger partial charge in [0, 0.05) is 6.20 Å². The Kier molecular flexibility index (Phi) is 4.39. The van der Waals surface area contributed by atoms with Crippen LogP contribution in [0.5, 0.6) is 0 Å². The van der Waals surface area contributed by atoms with Crippen LogP contribution in [0.3, 0.4) is 0 Å². The Morgan fingerprint density at radius 3 is 2.50 bits per heavy atom. The molecule has 0 spiro atoms. The summed E-state index contributed by atoms with van der Waals surface area (Å²) < 4.78 is 0. The van der Waals surface area contributed by atoms with E-state index in [2.05, 4.69) is 15.4 Å². The molecule has 0 aromatic carbocycles. The van der Waals surface area contributed by atoms with Crippen LogP contribution in [-0.4, -0.2) is 15.4 Å². The molecule has 0 saturated heterocycles. The molecule has 0 radical (unpaired) electrons. The van der Waals surface area contributed by atoms with Gasteiger partial charge < -0.3 is 0 Å². The molecule has 42 valence electrons. The van der Waals surface area contributed by atoms with Gasteiger partial charge in [0.25, 0.3) is 0 Å². The number of H-pyrrole nitrogens is 1. The van der Waals surface area contributed by atoms with Crippen LogP contribution < -0.4 is 0 Å². The van der Waals surface area contributed by atoms with Crippen LogP contribution in [0.25, 0.3) is 10.4 Å². The SMILES string of the molecule is [N-]=[N+]=N.c1c[nH]nn1. The van der Waals surface area contributed by atoms with Crippen molar-refractivity contribution >= 4 is 0 Å². The van der Waals surface area contributed by atoms with Gasteiger partial charge >= 0.3 is 0 Å². The van der Waals surface area contributed by atoms with Crippen molar-refractivity contribution in [2.45, 2.75) is 0 Å². The molecule has 0 bridgehead atoms. The summed E-state index contributed by atoms with van der Waals surface area (Å²) in [5, 5.41) is 9.26. The topological polar surface area (TPSA) is 102 Å². The molecular weight excluding hydrogens is 108 g/mol. The maximum absolute atomic E-state index is 6.86. The van der Waals surface area contributed by atoms with Crippen molar-refractivity contribution in [1.82, 2.24) is 15.4 Å². The van der Waals surface area contributed by atoms with Crippen molar-refractivity contribution in [3.8, 4) is 0 Å². The number of nitrogens with one attached hydrogen (secondary N) is 2. The summed E-state index contributed by atoms with van der Waals surface area (Å²) in [6.07, 6.45) is 3.24. The van der Waals surface area contributed by atoms with Crippen molar-refractivity contribution in [2.75, 3.05) is 0 Å². The third kappa shape index (κ3) is 4.45. The van der Waals surface area contributed by atoms with Crippen LogP contribution in [0.4, 0.5) is 0 Å². The molecule has 8 heavy (non-hydrogen) atoms. The molecule has 1 rings (SSSR count). The molecule has 2 N–H and O–H groups in total. The Bertz CT molecular complexity index is 118. The predicted octanol–water partition coefficient (Wildman–Crippen LogP) is 0.680. The van der Waals surface area contributed by atoms with Gasteiger partial charge in [0.15, 0.2) is 0 Å². The lowest BCUT2D eigenvalue weighted by molar-refractivity contribution is 0.940. The van der Waals surface area contributed by atoms with Crippen LogP contribution >= 0.6 is 0 Å². The fraction of sp³-hybridized carbons (Fsp3) is 0. The zero-order valence-corrected chi connectivity index (χ0v) is 3.94. The van der Waals surface area contributed by atoms with Gasteiger partial charge in [-0.25, -0.2) is 0 Å². The van der Waals surface area contributed by atoms with Crippen LogP contribution in [0, 0.1) is 5.53 Å². The molecule has 0 amide bonds. The van der Waals surface area contributed by atoms with E-state index in [1.165, 1.54) is 0 Å². The van der Waals surface area contributed by atoms with E-state index < -0.39 is 0 Å². The highest BCUT2D eigenvalue weighted by Crippen LogP contribution is 1.55. The molecule has 0 aliphatic rings. The fourth-order valence-electron chi connectivity index (χ4n) is 0.167. The largest absolute Gasteiger partial charge is 0.266 e. The highest BCUT2D eigenvalue weighted by atomic mass is 15.3. The Balaban J connectivity index is 0.000000145. The Morgan fingerprint density at radius 1 is 1.75 bits per heavy atom. The van der Waals surface area contributed by atoms with E-state index in [9.17, 15) is 0 Å². The number of rotatable bonds is 0. The molecule has 1 heterocycles. The van der Waals surface area contributed by atoms with Crippen molar-refractivity contribution in [3.63, 3.8) is 0 Å². The molecule has 0 aliphatic heterocycles. The van der Waals surface area contributed by atoms with Crippen molar-refractivity contribution < 1.29 is 0 Å². The minimum Gasteiger partial charge on any atom is -0.266 e. The maximum Gasteiger partial charge on any atom is 0.0690 e. The summed E-state index contributed by atoms with van der Waals surface area (Å²) in [4.78, 5) is 1.75. The highest BCUT2D eigenvalue weighted by Gasteiger charge is 1.57. The molecule has 0 aliphatic carbocycles. The smallest absolute Gasteiger partial charge is 0.0690 e. The van der Waals surface area contributed by atoms with Crippen LogP contribution in [-0.2, 0) is 0 Å². The Hall–Kier alpha value is -1.55. The molecule has 6 heteroatoms. The summed E-state index contributed by atoms with van der Waals surface area (Å²) >= 11 is 0. The minimum absolute atomic E-state index is 1.58. The van der Waals surface area contributed by atoms with E-state index in [0.717, 1.165) is 0 Å². The first-order valence-electron chi connectivity index (χ1n) is 1.73. The Labute approximate surface area is 44.9 Å². The average Bonchev–Trinajstić information content (AvgIpc) is 2.17. The zero-order chi connectivity index (χ0) is 6.24. The summed E-state index contributed by atoms with van der Waals surface area (Å²) in [7, 11) is 0. The van der Waals surface area contributed by atoms with Crippen LogP contribution in [0.15, 0.2) is 12.4 Å². The summed E-state index contributed by atoms with van der Waals surface area (Å²) in [5.41, 5.74) is 12.2. The summed E-state index contributed by atoms with van der Waals surface area (Å²) in [6.45, 7) is 0. The lowest BCUT2D eigenvalue weighted by Crippen LogP contribution is -1.61. The van der Waals surface area contributed by atoms with Gasteiger partial charge in [0.1, 0.15) is 0 Å². The summed E-state index contributed by atoms with van der Waals surface area (Å²) in [6, 6.07) is 0. The molecule has 6 nitrogen and oxygen atoms in total. The second-order valence-corrected chi connectivity index (χ2v) is 0.760. The van der Waals surface area contributed by atoms with E-state index in [0.29, 0.717) is 0 Å². The molecule has 1 aromatic heterocycles. The lowest BCUT2D eigenvalue weighted by atomic mass is 11.0. The fourth-order valence-corrected chi connectivity index (χ4v) is 0.167. The van der Waals surface area contributed by atoms with Crippen molar-refractivity contribution in [2.24, 2.45) is 0 Å². The molecule has 0 atom stereocenters. The minimum atomic E-state index is 1.58. The number of aromatic nitrogens is 3. The zero-order valence-electron chi connectivity index (χ0n) is 3.94. The van der Waals surface area contributed by atoms with E-state index in [1.807, 2.05) is 0 Å². The molecular formula is C2H4N6. The predicted molar refractivity (Wildman–Crippen MR) is 25.8 cm³/mol. The van der Waals surface area contributed by atoms with E-state index in [4.69, 9.17) is 11.1 Å². The molecule has 1 aromatic rings. The first kappa shape index (κ1) is 6.45.